The lowest BCUT2D eigenvalue weighted by Gasteiger charge is -2.29. The molecule has 2 aliphatic heterocycles. The molecule has 5 N–H and O–H groups in total. The third-order valence-corrected chi connectivity index (χ3v) is 4.30. The number of alkyl halides is 1. The maximum absolute atomic E-state index is 13.3. The summed E-state index contributed by atoms with van der Waals surface area (Å²) in [6, 6.07) is -2.59. The van der Waals surface area contributed by atoms with Crippen molar-refractivity contribution in [1.29, 1.82) is 0 Å². The molecule has 0 aromatic heterocycles. The number of nitrogens with two attached hydrogens (primary N) is 1. The molecule has 1 saturated heterocycles. The first kappa shape index (κ1) is 20.0. The number of amides is 3. The Morgan fingerprint density at radius 2 is 2.15 bits per heavy atom. The van der Waals surface area contributed by atoms with Gasteiger partial charge in [0.2, 0.25) is 5.91 Å². The molecule has 1 fully saturated rings. The van der Waals surface area contributed by atoms with Gasteiger partial charge in [0.05, 0.1) is 12.6 Å². The standard InChI is InChI=1S/C12H18FN5O7S/c1-6-4-7-5-17(12(22)18(7)25-9(13)11(20)21)8(6)10(19)15-2-3-16-26(14,23)24/h4,7-9,16H,2-3,5H2,1H3,(H,15,19)(H,20,21)(H2,14,23,24)/t7-,8+,9?/m1/s1. The lowest BCUT2D eigenvalue weighted by atomic mass is 10.00. The molecule has 2 heterocycles. The molecular formula is C12H18FN5O7S. The minimum absolute atomic E-state index is 0.00995. The number of urea groups is 1. The average Bonchev–Trinajstić information content (AvgIpc) is 2.75. The summed E-state index contributed by atoms with van der Waals surface area (Å²) in [5, 5.41) is 16.3. The number of nitrogens with one attached hydrogen (secondary N) is 2. The van der Waals surface area contributed by atoms with E-state index in [1.165, 1.54) is 6.08 Å². The Kier molecular flexibility index (Phi) is 5.80. The van der Waals surface area contributed by atoms with Gasteiger partial charge in [0.1, 0.15) is 6.04 Å². The van der Waals surface area contributed by atoms with Crippen molar-refractivity contribution >= 4 is 28.1 Å². The predicted molar refractivity (Wildman–Crippen MR) is 83.0 cm³/mol. The molecule has 0 radical (unpaired) electrons. The highest BCUT2D eigenvalue weighted by Crippen LogP contribution is 2.30. The van der Waals surface area contributed by atoms with E-state index in [1.807, 2.05) is 4.72 Å². The maximum atomic E-state index is 13.3. The summed E-state index contributed by atoms with van der Waals surface area (Å²) in [6.07, 6.45) is -1.22. The zero-order valence-corrected chi connectivity index (χ0v) is 14.4. The van der Waals surface area contributed by atoms with Crippen LogP contribution in [0.25, 0.3) is 0 Å². The average molecular weight is 395 g/mol. The number of carboxylic acids is 1. The minimum atomic E-state index is -3.89. The van der Waals surface area contributed by atoms with Crippen molar-refractivity contribution in [1.82, 2.24) is 20.0 Å². The third-order valence-electron chi connectivity index (χ3n) is 3.69. The second kappa shape index (κ2) is 7.53. The van der Waals surface area contributed by atoms with Crippen LogP contribution in [0.3, 0.4) is 0 Å². The number of carboxylic acid groups (broad SMARTS) is 1. The zero-order valence-electron chi connectivity index (χ0n) is 13.6. The highest BCUT2D eigenvalue weighted by atomic mass is 32.2. The predicted octanol–water partition coefficient (Wildman–Crippen LogP) is -2.36. The van der Waals surface area contributed by atoms with Crippen molar-refractivity contribution in [3.63, 3.8) is 0 Å². The molecule has 12 nitrogen and oxygen atoms in total. The van der Waals surface area contributed by atoms with Crippen LogP contribution in [0, 0.1) is 0 Å². The van der Waals surface area contributed by atoms with E-state index in [-0.39, 0.29) is 19.6 Å². The van der Waals surface area contributed by atoms with E-state index in [0.717, 1.165) is 4.90 Å². The summed E-state index contributed by atoms with van der Waals surface area (Å²) >= 11 is 0. The lowest BCUT2D eigenvalue weighted by molar-refractivity contribution is -0.219. The van der Waals surface area contributed by atoms with Crippen LogP contribution in [0.4, 0.5) is 9.18 Å². The minimum Gasteiger partial charge on any atom is -0.477 e. The maximum Gasteiger partial charge on any atom is 0.368 e. The van der Waals surface area contributed by atoms with E-state index < -0.39 is 46.6 Å². The highest BCUT2D eigenvalue weighted by molar-refractivity contribution is 7.87. The van der Waals surface area contributed by atoms with Crippen LogP contribution in [-0.2, 0) is 24.6 Å². The number of halogens is 1. The number of carbonyl (C=O) groups is 3. The molecule has 2 bridgehead atoms. The first-order valence-electron chi connectivity index (χ1n) is 7.38. The van der Waals surface area contributed by atoms with E-state index in [4.69, 9.17) is 10.2 Å². The molecule has 3 atom stereocenters. The Labute approximate surface area is 147 Å². The summed E-state index contributed by atoms with van der Waals surface area (Å²) in [5.41, 5.74) is 0.475. The second-order valence-corrected chi connectivity index (χ2v) is 7.01. The van der Waals surface area contributed by atoms with Crippen molar-refractivity contribution in [2.24, 2.45) is 5.14 Å². The normalized spacial score (nSPS) is 23.7. The van der Waals surface area contributed by atoms with Gasteiger partial charge in [-0.25, -0.2) is 28.7 Å². The fourth-order valence-electron chi connectivity index (χ4n) is 2.69. The Morgan fingerprint density at radius 1 is 1.50 bits per heavy atom. The van der Waals surface area contributed by atoms with E-state index >= 15 is 0 Å². The van der Waals surface area contributed by atoms with Gasteiger partial charge in [-0.2, -0.15) is 13.5 Å². The Morgan fingerprint density at radius 3 is 2.73 bits per heavy atom. The topological polar surface area (TPSA) is 171 Å². The van der Waals surface area contributed by atoms with Gasteiger partial charge in [-0.05, 0) is 12.5 Å². The van der Waals surface area contributed by atoms with Gasteiger partial charge < -0.3 is 15.3 Å². The summed E-state index contributed by atoms with van der Waals surface area (Å²) in [6.45, 7) is 1.37. The lowest BCUT2D eigenvalue weighted by Crippen LogP contribution is -2.51. The number of hydroxylamine groups is 2. The molecule has 2 aliphatic rings. The van der Waals surface area contributed by atoms with Crippen LogP contribution in [-0.4, -0.2) is 79.5 Å². The third kappa shape index (κ3) is 4.46. The van der Waals surface area contributed by atoms with Gasteiger partial charge in [0.15, 0.2) is 0 Å². The number of aliphatic carboxylic acids is 1. The summed E-state index contributed by atoms with van der Waals surface area (Å²) in [5.74, 6) is -2.47. The van der Waals surface area contributed by atoms with Gasteiger partial charge in [-0.15, -0.1) is 0 Å². The van der Waals surface area contributed by atoms with Crippen LogP contribution >= 0.6 is 0 Å². The number of hydrogen-bond acceptors (Lipinski definition) is 6. The molecule has 0 saturated carbocycles. The van der Waals surface area contributed by atoms with Crippen LogP contribution in [0.2, 0.25) is 0 Å². The largest absolute Gasteiger partial charge is 0.477 e. The number of carbonyl (C=O) groups excluding carboxylic acids is 2. The second-order valence-electron chi connectivity index (χ2n) is 5.63. The Balaban J connectivity index is 2.01. The van der Waals surface area contributed by atoms with Crippen LogP contribution < -0.4 is 15.2 Å². The van der Waals surface area contributed by atoms with Gasteiger partial charge in [0.25, 0.3) is 10.2 Å². The van der Waals surface area contributed by atoms with E-state index in [9.17, 15) is 27.2 Å². The van der Waals surface area contributed by atoms with Gasteiger partial charge in [-0.1, -0.05) is 6.08 Å². The molecule has 0 spiro atoms. The van der Waals surface area contributed by atoms with Gasteiger partial charge in [0, 0.05) is 13.1 Å². The van der Waals surface area contributed by atoms with Crippen LogP contribution in [0.5, 0.6) is 0 Å². The number of nitrogens with zero attached hydrogens (tertiary/aromatic N) is 2. The smallest absolute Gasteiger partial charge is 0.368 e. The summed E-state index contributed by atoms with van der Waals surface area (Å²) in [7, 11) is -3.89. The molecule has 146 valence electrons. The van der Waals surface area contributed by atoms with Crippen molar-refractivity contribution in [3.05, 3.63) is 11.6 Å². The molecule has 14 heteroatoms. The van der Waals surface area contributed by atoms with Gasteiger partial charge in [-0.3, -0.25) is 4.79 Å². The van der Waals surface area contributed by atoms with E-state index in [2.05, 4.69) is 10.2 Å². The molecule has 2 rings (SSSR count). The van der Waals surface area contributed by atoms with Crippen molar-refractivity contribution in [2.45, 2.75) is 25.4 Å². The quantitative estimate of drug-likeness (QED) is 0.263. The number of fused-ring (bicyclic) bond motifs is 2. The molecular weight excluding hydrogens is 377 g/mol. The van der Waals surface area contributed by atoms with E-state index in [0.29, 0.717) is 10.6 Å². The first-order chi connectivity index (χ1) is 12.0. The highest BCUT2D eigenvalue weighted by Gasteiger charge is 2.48. The molecule has 1 unspecified atom stereocenters. The molecule has 0 aliphatic carbocycles. The number of hydrogen-bond donors (Lipinski definition) is 4. The monoisotopic (exact) mass is 395 g/mol. The van der Waals surface area contributed by atoms with Crippen molar-refractivity contribution in [3.8, 4) is 0 Å². The first-order valence-corrected chi connectivity index (χ1v) is 8.93. The number of rotatable bonds is 8. The Hall–Kier alpha value is -2.29. The SMILES string of the molecule is CC1=C[C@@H]2CN(C(=O)N2OC(F)C(=O)O)[C@@H]1C(=O)NCCNS(N)(=O)=O. The summed E-state index contributed by atoms with van der Waals surface area (Å²) < 4.78 is 36.7. The fourth-order valence-corrected chi connectivity index (χ4v) is 3.08. The van der Waals surface area contributed by atoms with E-state index in [1.54, 1.807) is 6.92 Å². The molecule has 26 heavy (non-hydrogen) atoms. The van der Waals surface area contributed by atoms with Crippen molar-refractivity contribution < 1.29 is 37.1 Å². The summed E-state index contributed by atoms with van der Waals surface area (Å²) in [4.78, 5) is 40.8. The molecule has 3 amide bonds. The van der Waals surface area contributed by atoms with Crippen LogP contribution in [0.15, 0.2) is 11.6 Å². The van der Waals surface area contributed by atoms with Gasteiger partial charge >= 0.3 is 18.4 Å². The Bertz CT molecular complexity index is 742. The molecule has 0 aromatic carbocycles. The fraction of sp³-hybridized carbons (Fsp3) is 0.583. The van der Waals surface area contributed by atoms with Crippen molar-refractivity contribution in [2.75, 3.05) is 19.6 Å². The molecule has 0 aromatic rings. The van der Waals surface area contributed by atoms with Crippen LogP contribution in [0.1, 0.15) is 6.92 Å². The zero-order chi connectivity index (χ0) is 19.6.